The highest BCUT2D eigenvalue weighted by Crippen LogP contribution is 1.90. The van der Waals surface area contributed by atoms with E-state index in [9.17, 15) is 23.6 Å². The molecule has 1 heterocycles. The molecule has 0 spiro atoms. The fraction of sp³-hybridized carbons (Fsp3) is 0.400. The summed E-state index contributed by atoms with van der Waals surface area (Å²) in [4.78, 5) is 44.3. The Balaban J connectivity index is 3.15. The summed E-state index contributed by atoms with van der Waals surface area (Å²) < 4.78 is 23.3. The lowest BCUT2D eigenvalue weighted by Crippen LogP contribution is -2.42. The van der Waals surface area contributed by atoms with E-state index in [4.69, 9.17) is 0 Å². The second kappa shape index (κ2) is 5.94. The van der Waals surface area contributed by atoms with Gasteiger partial charge in [-0.25, -0.2) is 9.36 Å². The van der Waals surface area contributed by atoms with E-state index < -0.39 is 42.5 Å². The van der Waals surface area contributed by atoms with Gasteiger partial charge < -0.3 is 9.47 Å². The Morgan fingerprint density at radius 3 is 2.21 bits per heavy atom. The Morgan fingerprint density at radius 2 is 1.68 bits per heavy atom. The minimum atomic E-state index is -1.24. The summed E-state index contributed by atoms with van der Waals surface area (Å²) >= 11 is 0. The van der Waals surface area contributed by atoms with Crippen molar-refractivity contribution in [3.05, 3.63) is 32.9 Å². The van der Waals surface area contributed by atoms with E-state index in [0.29, 0.717) is 15.3 Å². The molecule has 19 heavy (non-hydrogen) atoms. The van der Waals surface area contributed by atoms with Crippen LogP contribution in [-0.2, 0) is 32.5 Å². The van der Waals surface area contributed by atoms with Gasteiger partial charge in [0.2, 0.25) is 5.82 Å². The van der Waals surface area contributed by atoms with E-state index in [1.165, 1.54) is 0 Å². The number of carbonyl (C=O) groups is 2. The summed E-state index contributed by atoms with van der Waals surface area (Å²) in [5, 5.41) is 0. The van der Waals surface area contributed by atoms with Gasteiger partial charge in [0.25, 0.3) is 5.56 Å². The molecule has 0 aliphatic heterocycles. The normalized spacial score (nSPS) is 10.1. The summed E-state index contributed by atoms with van der Waals surface area (Å²) in [5.74, 6) is -2.65. The standard InChI is InChI=1S/C10H11FN2O6/c1-6(14)18-4-12-3-8(11)9(16)13(10(12)17)5-19-7(2)15/h3H,4-5H2,1-2H3. The number of esters is 2. The molecule has 104 valence electrons. The third-order valence-corrected chi connectivity index (χ3v) is 2.00. The Hall–Kier alpha value is -2.45. The van der Waals surface area contributed by atoms with Crippen LogP contribution in [0.5, 0.6) is 0 Å². The maximum Gasteiger partial charge on any atom is 0.336 e. The van der Waals surface area contributed by atoms with Crippen LogP contribution >= 0.6 is 0 Å². The van der Waals surface area contributed by atoms with E-state index in [0.717, 1.165) is 13.8 Å². The lowest BCUT2D eigenvalue weighted by molar-refractivity contribution is -0.145. The van der Waals surface area contributed by atoms with Crippen LogP contribution in [0.15, 0.2) is 15.8 Å². The third kappa shape index (κ3) is 3.76. The molecule has 1 aromatic rings. The first-order valence-electron chi connectivity index (χ1n) is 5.09. The molecule has 1 rings (SSSR count). The van der Waals surface area contributed by atoms with Gasteiger partial charge in [-0.3, -0.25) is 19.0 Å². The van der Waals surface area contributed by atoms with Crippen molar-refractivity contribution in [2.24, 2.45) is 0 Å². The van der Waals surface area contributed by atoms with E-state index in [1.807, 2.05) is 0 Å². The summed E-state index contributed by atoms with van der Waals surface area (Å²) in [6, 6.07) is 0. The van der Waals surface area contributed by atoms with Crippen molar-refractivity contribution < 1.29 is 23.5 Å². The first-order valence-corrected chi connectivity index (χ1v) is 5.09. The van der Waals surface area contributed by atoms with Crippen LogP contribution in [0.3, 0.4) is 0 Å². The zero-order valence-electron chi connectivity index (χ0n) is 10.2. The molecule has 1 aromatic heterocycles. The van der Waals surface area contributed by atoms with Gasteiger partial charge in [0.05, 0.1) is 6.20 Å². The molecule has 0 fully saturated rings. The molecule has 0 bridgehead atoms. The Bertz CT molecular complexity index is 617. The van der Waals surface area contributed by atoms with Crippen LogP contribution in [0.25, 0.3) is 0 Å². The molecule has 0 aliphatic carbocycles. The molecule has 9 heteroatoms. The highest BCUT2D eigenvalue weighted by atomic mass is 19.1. The molecule has 0 amide bonds. The minimum Gasteiger partial charge on any atom is -0.444 e. The zero-order chi connectivity index (χ0) is 14.6. The summed E-state index contributed by atoms with van der Waals surface area (Å²) in [6.07, 6.45) is 0.609. The van der Waals surface area contributed by atoms with E-state index in [1.54, 1.807) is 0 Å². The highest BCUT2D eigenvalue weighted by molar-refractivity contribution is 5.65. The molecule has 8 nitrogen and oxygen atoms in total. The van der Waals surface area contributed by atoms with Gasteiger partial charge in [0, 0.05) is 13.8 Å². The van der Waals surface area contributed by atoms with Gasteiger partial charge in [-0.05, 0) is 0 Å². The van der Waals surface area contributed by atoms with Crippen molar-refractivity contribution in [1.82, 2.24) is 9.13 Å². The molecule has 0 aromatic carbocycles. The molecular formula is C10H11FN2O6. The van der Waals surface area contributed by atoms with Gasteiger partial charge in [-0.2, -0.15) is 4.39 Å². The summed E-state index contributed by atoms with van der Waals surface area (Å²) in [5.41, 5.74) is -2.20. The quantitative estimate of drug-likeness (QED) is 0.666. The average molecular weight is 274 g/mol. The van der Waals surface area contributed by atoms with Crippen molar-refractivity contribution in [2.75, 3.05) is 0 Å². The van der Waals surface area contributed by atoms with Crippen molar-refractivity contribution in [3.8, 4) is 0 Å². The van der Waals surface area contributed by atoms with Crippen molar-refractivity contribution in [1.29, 1.82) is 0 Å². The lowest BCUT2D eigenvalue weighted by Gasteiger charge is -2.10. The number of aromatic nitrogens is 2. The number of carbonyl (C=O) groups excluding carboxylic acids is 2. The second-order valence-corrected chi connectivity index (χ2v) is 3.49. The van der Waals surface area contributed by atoms with Crippen molar-refractivity contribution >= 4 is 11.9 Å². The Kier molecular flexibility index (Phi) is 4.56. The van der Waals surface area contributed by atoms with E-state index >= 15 is 0 Å². The smallest absolute Gasteiger partial charge is 0.336 e. The minimum absolute atomic E-state index is 0.375. The number of ether oxygens (including phenoxy) is 2. The lowest BCUT2D eigenvalue weighted by atomic mass is 10.6. The summed E-state index contributed by atoms with van der Waals surface area (Å²) in [6.45, 7) is 0.911. The number of halogens is 1. The predicted octanol–water partition coefficient (Wildman–Crippen LogP) is -0.810. The van der Waals surface area contributed by atoms with Gasteiger partial charge in [-0.15, -0.1) is 0 Å². The topological polar surface area (TPSA) is 96.6 Å². The molecule has 0 saturated heterocycles. The average Bonchev–Trinajstić information content (AvgIpc) is 2.31. The van der Waals surface area contributed by atoms with Gasteiger partial charge in [0.15, 0.2) is 13.5 Å². The van der Waals surface area contributed by atoms with Crippen molar-refractivity contribution in [3.63, 3.8) is 0 Å². The monoisotopic (exact) mass is 274 g/mol. The van der Waals surface area contributed by atoms with E-state index in [-0.39, 0.29) is 0 Å². The van der Waals surface area contributed by atoms with E-state index in [2.05, 4.69) is 9.47 Å². The molecule has 0 atom stereocenters. The molecule has 0 N–H and O–H groups in total. The molecule has 0 unspecified atom stereocenters. The number of nitrogens with zero attached hydrogens (tertiary/aromatic N) is 2. The van der Waals surface area contributed by atoms with Crippen LogP contribution < -0.4 is 11.2 Å². The first kappa shape index (κ1) is 14.6. The van der Waals surface area contributed by atoms with Crippen LogP contribution in [0.4, 0.5) is 4.39 Å². The van der Waals surface area contributed by atoms with Gasteiger partial charge in [0.1, 0.15) is 0 Å². The maximum atomic E-state index is 13.3. The van der Waals surface area contributed by atoms with Gasteiger partial charge in [-0.1, -0.05) is 0 Å². The number of hydrogen-bond acceptors (Lipinski definition) is 6. The molecule has 0 saturated carbocycles. The highest BCUT2D eigenvalue weighted by Gasteiger charge is 2.12. The molecule has 0 aliphatic rings. The Morgan fingerprint density at radius 1 is 1.16 bits per heavy atom. The maximum absolute atomic E-state index is 13.3. The van der Waals surface area contributed by atoms with Crippen molar-refractivity contribution in [2.45, 2.75) is 27.3 Å². The molecular weight excluding hydrogens is 263 g/mol. The predicted molar refractivity (Wildman–Crippen MR) is 58.5 cm³/mol. The van der Waals surface area contributed by atoms with Gasteiger partial charge >= 0.3 is 17.6 Å². The SMILES string of the molecule is CC(=O)OCn1cc(F)c(=O)n(COC(C)=O)c1=O. The first-order chi connectivity index (χ1) is 8.82. The molecule has 0 radical (unpaired) electrons. The van der Waals surface area contributed by atoms with Crippen LogP contribution in [0.1, 0.15) is 13.8 Å². The second-order valence-electron chi connectivity index (χ2n) is 3.49. The van der Waals surface area contributed by atoms with Crippen LogP contribution in [0, 0.1) is 5.82 Å². The van der Waals surface area contributed by atoms with Crippen LogP contribution in [-0.4, -0.2) is 21.1 Å². The number of hydrogen-bond donors (Lipinski definition) is 0. The third-order valence-electron chi connectivity index (χ3n) is 2.00. The van der Waals surface area contributed by atoms with Crippen LogP contribution in [0.2, 0.25) is 0 Å². The zero-order valence-corrected chi connectivity index (χ0v) is 10.2. The largest absolute Gasteiger partial charge is 0.444 e. The number of rotatable bonds is 4. The summed E-state index contributed by atoms with van der Waals surface area (Å²) in [7, 11) is 0. The fourth-order valence-electron chi connectivity index (χ4n) is 1.14. The Labute approximate surface area is 106 Å². The fourth-order valence-corrected chi connectivity index (χ4v) is 1.14.